The summed E-state index contributed by atoms with van der Waals surface area (Å²) < 4.78 is 0. The summed E-state index contributed by atoms with van der Waals surface area (Å²) >= 11 is 0. The van der Waals surface area contributed by atoms with Crippen molar-refractivity contribution < 1.29 is 0 Å². The van der Waals surface area contributed by atoms with Crippen molar-refractivity contribution in [2.45, 2.75) is 13.8 Å². The Hall–Kier alpha value is -2.68. The highest BCUT2D eigenvalue weighted by Gasteiger charge is 2.10. The molecule has 3 rings (SSSR count). The third-order valence-corrected chi connectivity index (χ3v) is 4.55. The van der Waals surface area contributed by atoms with Gasteiger partial charge in [-0.2, -0.15) is 0 Å². The predicted molar refractivity (Wildman–Crippen MR) is 102 cm³/mol. The molecule has 0 atom stereocenters. The molecule has 2 aromatic carbocycles. The molecule has 0 fully saturated rings. The largest absolute Gasteiger partial charge is 0.378 e. The van der Waals surface area contributed by atoms with Crippen LogP contribution in [0.1, 0.15) is 11.1 Å². The number of rotatable bonds is 2. The van der Waals surface area contributed by atoms with E-state index >= 15 is 0 Å². The van der Waals surface area contributed by atoms with E-state index in [0.717, 1.165) is 27.5 Å². The van der Waals surface area contributed by atoms with E-state index in [4.69, 9.17) is 4.98 Å². The van der Waals surface area contributed by atoms with Crippen LogP contribution < -0.4 is 10.3 Å². The molecular formula is C21H23N3. The maximum absolute atomic E-state index is 4.98. The van der Waals surface area contributed by atoms with Gasteiger partial charge in [0.25, 0.3) is 0 Å². The molecule has 0 aliphatic heterocycles. The van der Waals surface area contributed by atoms with Gasteiger partial charge >= 0.3 is 0 Å². The standard InChI is InChI=1S/C21H23N3/c1-14-15(2)21(22-3)18-8-6-7-9-19(18)23-20(14)16-10-12-17(13-11-16)24(4)5/h6-13H,1-5H3. The second-order valence-electron chi connectivity index (χ2n) is 6.24. The van der Waals surface area contributed by atoms with Crippen molar-refractivity contribution in [2.75, 3.05) is 26.0 Å². The molecular weight excluding hydrogens is 294 g/mol. The summed E-state index contributed by atoms with van der Waals surface area (Å²) in [5, 5.41) is 2.11. The molecule has 0 bridgehead atoms. The number of hydrogen-bond donors (Lipinski definition) is 0. The highest BCUT2D eigenvalue weighted by molar-refractivity contribution is 5.81. The Labute approximate surface area is 143 Å². The molecule has 0 N–H and O–H groups in total. The second kappa shape index (κ2) is 6.44. The molecule has 0 radical (unpaired) electrons. The normalized spacial score (nSPS) is 11.8. The summed E-state index contributed by atoms with van der Waals surface area (Å²) in [4.78, 5) is 11.6. The van der Waals surface area contributed by atoms with Crippen molar-refractivity contribution in [3.8, 4) is 11.3 Å². The zero-order valence-corrected chi connectivity index (χ0v) is 15.0. The third kappa shape index (κ3) is 2.78. The van der Waals surface area contributed by atoms with Gasteiger partial charge in [0.15, 0.2) is 0 Å². The molecule has 0 spiro atoms. The molecule has 0 aliphatic carbocycles. The molecule has 1 aromatic heterocycles. The quantitative estimate of drug-likeness (QED) is 0.711. The van der Waals surface area contributed by atoms with Gasteiger partial charge in [-0.3, -0.25) is 4.99 Å². The van der Waals surface area contributed by atoms with Crippen LogP contribution in [0.3, 0.4) is 0 Å². The molecule has 0 unspecified atom stereocenters. The summed E-state index contributed by atoms with van der Waals surface area (Å²) in [6.45, 7) is 4.26. The predicted octanol–water partition coefficient (Wildman–Crippen LogP) is 4.12. The van der Waals surface area contributed by atoms with Gasteiger partial charge in [-0.25, -0.2) is 4.98 Å². The van der Waals surface area contributed by atoms with Crippen molar-refractivity contribution in [3.05, 3.63) is 65.0 Å². The van der Waals surface area contributed by atoms with Crippen LogP contribution in [0, 0.1) is 13.8 Å². The van der Waals surface area contributed by atoms with Crippen molar-refractivity contribution in [1.29, 1.82) is 0 Å². The molecule has 122 valence electrons. The van der Waals surface area contributed by atoms with Crippen LogP contribution in [0.4, 0.5) is 5.69 Å². The number of anilines is 1. The van der Waals surface area contributed by atoms with E-state index in [1.54, 1.807) is 0 Å². The fourth-order valence-electron chi connectivity index (χ4n) is 3.02. The fourth-order valence-corrected chi connectivity index (χ4v) is 3.02. The third-order valence-electron chi connectivity index (χ3n) is 4.55. The lowest BCUT2D eigenvalue weighted by molar-refractivity contribution is 1.13. The maximum Gasteiger partial charge on any atom is 0.0742 e. The lowest BCUT2D eigenvalue weighted by Crippen LogP contribution is -2.08. The van der Waals surface area contributed by atoms with Crippen molar-refractivity contribution >= 4 is 16.6 Å². The van der Waals surface area contributed by atoms with Crippen molar-refractivity contribution in [2.24, 2.45) is 4.99 Å². The Morgan fingerprint density at radius 1 is 0.875 bits per heavy atom. The Morgan fingerprint density at radius 2 is 1.54 bits per heavy atom. The zero-order chi connectivity index (χ0) is 17.3. The average Bonchev–Trinajstić information content (AvgIpc) is 2.70. The van der Waals surface area contributed by atoms with Crippen LogP contribution in [0.5, 0.6) is 0 Å². The zero-order valence-electron chi connectivity index (χ0n) is 15.0. The second-order valence-corrected chi connectivity index (χ2v) is 6.24. The minimum Gasteiger partial charge on any atom is -0.378 e. The minimum absolute atomic E-state index is 0.973. The van der Waals surface area contributed by atoms with E-state index in [1.165, 1.54) is 16.8 Å². The molecule has 0 amide bonds. The van der Waals surface area contributed by atoms with Crippen LogP contribution in [0.2, 0.25) is 0 Å². The molecule has 0 aliphatic rings. The number of aromatic nitrogens is 1. The number of benzene rings is 2. The molecule has 3 nitrogen and oxygen atoms in total. The van der Waals surface area contributed by atoms with Gasteiger partial charge in [-0.15, -0.1) is 0 Å². The first-order valence-corrected chi connectivity index (χ1v) is 8.13. The Bertz CT molecular complexity index is 955. The van der Waals surface area contributed by atoms with Crippen LogP contribution in [-0.4, -0.2) is 26.1 Å². The highest BCUT2D eigenvalue weighted by atomic mass is 15.1. The Balaban J connectivity index is 2.35. The first kappa shape index (κ1) is 16.2. The molecule has 0 saturated carbocycles. The maximum atomic E-state index is 4.98. The Kier molecular flexibility index (Phi) is 4.34. The SMILES string of the molecule is CN=c1c(C)c(C)c(-c2ccc(N(C)C)cc2)nc2ccccc12. The lowest BCUT2D eigenvalue weighted by Gasteiger charge is -2.13. The number of nitrogens with zero attached hydrogens (tertiary/aromatic N) is 3. The topological polar surface area (TPSA) is 28.5 Å². The molecule has 24 heavy (non-hydrogen) atoms. The van der Waals surface area contributed by atoms with E-state index in [9.17, 15) is 0 Å². The lowest BCUT2D eigenvalue weighted by atomic mass is 10.0. The smallest absolute Gasteiger partial charge is 0.0742 e. The van der Waals surface area contributed by atoms with Gasteiger partial charge < -0.3 is 4.90 Å². The van der Waals surface area contributed by atoms with E-state index in [-0.39, 0.29) is 0 Å². The average molecular weight is 317 g/mol. The summed E-state index contributed by atoms with van der Waals surface area (Å²) in [6.07, 6.45) is 0. The highest BCUT2D eigenvalue weighted by Crippen LogP contribution is 2.25. The minimum atomic E-state index is 0.973. The van der Waals surface area contributed by atoms with E-state index < -0.39 is 0 Å². The van der Waals surface area contributed by atoms with Gasteiger partial charge in [0.1, 0.15) is 0 Å². The van der Waals surface area contributed by atoms with Crippen LogP contribution in [0.25, 0.3) is 22.2 Å². The summed E-state index contributed by atoms with van der Waals surface area (Å²) in [6, 6.07) is 16.8. The van der Waals surface area contributed by atoms with Gasteiger partial charge in [0.05, 0.1) is 16.6 Å². The van der Waals surface area contributed by atoms with E-state index in [2.05, 4.69) is 60.1 Å². The monoisotopic (exact) mass is 317 g/mol. The first-order valence-electron chi connectivity index (χ1n) is 8.13. The van der Waals surface area contributed by atoms with Crippen LogP contribution in [0.15, 0.2) is 53.5 Å². The molecule has 1 heterocycles. The number of hydrogen-bond acceptors (Lipinski definition) is 3. The summed E-state index contributed by atoms with van der Waals surface area (Å²) in [5.41, 5.74) is 6.65. The van der Waals surface area contributed by atoms with Crippen molar-refractivity contribution in [1.82, 2.24) is 4.98 Å². The van der Waals surface area contributed by atoms with Gasteiger partial charge in [-0.1, -0.05) is 30.3 Å². The van der Waals surface area contributed by atoms with Crippen LogP contribution in [-0.2, 0) is 0 Å². The van der Waals surface area contributed by atoms with Crippen LogP contribution >= 0.6 is 0 Å². The van der Waals surface area contributed by atoms with Crippen molar-refractivity contribution in [3.63, 3.8) is 0 Å². The number of para-hydroxylation sites is 1. The number of fused-ring (bicyclic) bond motifs is 1. The summed E-state index contributed by atoms with van der Waals surface area (Å²) in [7, 11) is 5.95. The molecule has 3 aromatic rings. The van der Waals surface area contributed by atoms with Gasteiger partial charge in [0.2, 0.25) is 0 Å². The first-order chi connectivity index (χ1) is 11.5. The summed E-state index contributed by atoms with van der Waals surface area (Å²) in [5.74, 6) is 0. The van der Waals surface area contributed by atoms with E-state index in [0.29, 0.717) is 0 Å². The fraction of sp³-hybridized carbons (Fsp3) is 0.238. The molecule has 3 heteroatoms. The Morgan fingerprint density at radius 3 is 2.17 bits per heavy atom. The molecule has 0 saturated heterocycles. The van der Waals surface area contributed by atoms with Gasteiger partial charge in [0, 0.05) is 37.8 Å². The van der Waals surface area contributed by atoms with E-state index in [1.807, 2.05) is 33.3 Å². The van der Waals surface area contributed by atoms with Gasteiger partial charge in [-0.05, 0) is 43.2 Å².